The van der Waals surface area contributed by atoms with Gasteiger partial charge in [0.2, 0.25) is 17.8 Å². The quantitative estimate of drug-likeness (QED) is 0.198. The predicted molar refractivity (Wildman–Crippen MR) is 223 cm³/mol. The van der Waals surface area contributed by atoms with Crippen molar-refractivity contribution in [2.75, 3.05) is 99.1 Å². The van der Waals surface area contributed by atoms with E-state index in [0.29, 0.717) is 75.4 Å². The number of primary amides is 1. The van der Waals surface area contributed by atoms with Crippen LogP contribution < -0.4 is 31.1 Å². The van der Waals surface area contributed by atoms with Crippen LogP contribution in [0, 0.1) is 11.7 Å². The number of nitrogens with zero attached hydrogens (tertiary/aromatic N) is 11. The minimum Gasteiger partial charge on any atom is -0.371 e. The summed E-state index contributed by atoms with van der Waals surface area (Å²) in [5, 5.41) is 19.5. The maximum absolute atomic E-state index is 15.8. The second-order valence-electron chi connectivity index (χ2n) is 16.7. The third kappa shape index (κ3) is 7.73. The van der Waals surface area contributed by atoms with Crippen molar-refractivity contribution in [2.45, 2.75) is 44.1 Å². The van der Waals surface area contributed by atoms with Crippen LogP contribution in [-0.2, 0) is 16.6 Å². The summed E-state index contributed by atoms with van der Waals surface area (Å²) in [6, 6.07) is 11.2. The number of carbonyl (C=O) groups excluding carboxylic acids is 4. The Morgan fingerprint density at radius 3 is 2.48 bits per heavy atom. The third-order valence-corrected chi connectivity index (χ3v) is 12.8. The van der Waals surface area contributed by atoms with Crippen LogP contribution in [0.25, 0.3) is 10.9 Å². The van der Waals surface area contributed by atoms with Gasteiger partial charge in [-0.25, -0.2) is 9.18 Å². The Morgan fingerprint density at radius 1 is 0.900 bits per heavy atom. The lowest BCUT2D eigenvalue weighted by atomic mass is 9.93. The summed E-state index contributed by atoms with van der Waals surface area (Å²) in [6.07, 6.45) is 3.57. The number of imide groups is 1. The molecule has 60 heavy (non-hydrogen) atoms. The minimum atomic E-state index is -0.806. The van der Waals surface area contributed by atoms with Gasteiger partial charge in [-0.1, -0.05) is 0 Å². The zero-order valence-electron chi connectivity index (χ0n) is 34.0. The van der Waals surface area contributed by atoms with Crippen LogP contribution in [0.2, 0.25) is 0 Å². The molecule has 5 amide bonds. The number of aromatic nitrogens is 5. The van der Waals surface area contributed by atoms with Gasteiger partial charge in [0.25, 0.3) is 5.91 Å². The molecule has 3 atom stereocenters. The highest BCUT2D eigenvalue weighted by Crippen LogP contribution is 2.34. The fourth-order valence-electron chi connectivity index (χ4n) is 9.52. The summed E-state index contributed by atoms with van der Waals surface area (Å²) in [5.41, 5.74) is 9.21. The van der Waals surface area contributed by atoms with Gasteiger partial charge in [-0.2, -0.15) is 10.1 Å². The van der Waals surface area contributed by atoms with Crippen LogP contribution in [0.15, 0.2) is 36.4 Å². The normalized spacial score (nSPS) is 22.9. The number of likely N-dealkylation sites (N-methyl/N-ethyl adjacent to an activating group) is 1. The van der Waals surface area contributed by atoms with E-state index < -0.39 is 17.6 Å². The van der Waals surface area contributed by atoms with Crippen LogP contribution in [0.3, 0.4) is 0 Å². The Kier molecular flexibility index (Phi) is 10.6. The molecule has 4 N–H and O–H groups in total. The van der Waals surface area contributed by atoms with Crippen molar-refractivity contribution in [1.29, 1.82) is 0 Å². The minimum absolute atomic E-state index is 0.00871. The topological polar surface area (TPSA) is 194 Å². The number of nitrogens with one attached hydrogen (secondary N) is 2. The van der Waals surface area contributed by atoms with E-state index in [-0.39, 0.29) is 35.4 Å². The van der Waals surface area contributed by atoms with Crippen LogP contribution in [0.4, 0.5) is 38.0 Å². The van der Waals surface area contributed by atoms with Gasteiger partial charge in [0, 0.05) is 109 Å². The Balaban J connectivity index is 0.793. The van der Waals surface area contributed by atoms with Crippen molar-refractivity contribution in [1.82, 2.24) is 45.0 Å². The molecule has 7 heterocycles. The van der Waals surface area contributed by atoms with Crippen LogP contribution >= 0.6 is 0 Å². The molecule has 18 nitrogen and oxygen atoms in total. The molecule has 5 saturated heterocycles. The maximum atomic E-state index is 15.8. The number of halogens is 1. The molecular weight excluding hydrogens is 772 g/mol. The number of rotatable bonds is 10. The van der Waals surface area contributed by atoms with Crippen molar-refractivity contribution in [3.63, 3.8) is 0 Å². The van der Waals surface area contributed by atoms with Gasteiger partial charge in [-0.15, -0.1) is 10.2 Å². The highest BCUT2D eigenvalue weighted by molar-refractivity contribution is 6.02. The number of piperazine rings is 1. The second kappa shape index (κ2) is 16.2. The first-order valence-electron chi connectivity index (χ1n) is 20.9. The van der Waals surface area contributed by atoms with E-state index in [2.05, 4.69) is 58.7 Å². The predicted octanol–water partition coefficient (Wildman–Crippen LogP) is 2.24. The summed E-state index contributed by atoms with van der Waals surface area (Å²) in [7, 11) is 3.69. The number of aryl methyl sites for hydroxylation is 1. The van der Waals surface area contributed by atoms with Crippen molar-refractivity contribution in [2.24, 2.45) is 18.7 Å². The molecule has 5 aliphatic rings. The molecule has 19 heteroatoms. The number of piperidine rings is 2. The molecule has 3 unspecified atom stereocenters. The molecule has 0 radical (unpaired) electrons. The molecule has 5 aliphatic heterocycles. The number of hydrogen-bond acceptors (Lipinski definition) is 13. The first-order chi connectivity index (χ1) is 29.0. The van der Waals surface area contributed by atoms with Gasteiger partial charge in [0.05, 0.1) is 28.9 Å². The van der Waals surface area contributed by atoms with Gasteiger partial charge in [0.15, 0.2) is 11.5 Å². The average Bonchev–Trinajstić information content (AvgIpc) is 3.94. The number of hydrogen-bond donors (Lipinski definition) is 3. The lowest BCUT2D eigenvalue weighted by molar-refractivity contribution is -0.134. The fourth-order valence-corrected chi connectivity index (χ4v) is 9.52. The molecule has 4 aromatic rings. The van der Waals surface area contributed by atoms with E-state index >= 15 is 4.39 Å². The maximum Gasteiger partial charge on any atom is 0.320 e. The third-order valence-electron chi connectivity index (χ3n) is 12.8. The lowest BCUT2D eigenvalue weighted by Gasteiger charge is -2.37. The highest BCUT2D eigenvalue weighted by Gasteiger charge is 2.36. The van der Waals surface area contributed by atoms with Crippen molar-refractivity contribution in [3.8, 4) is 0 Å². The van der Waals surface area contributed by atoms with Gasteiger partial charge in [-0.05, 0) is 68.0 Å². The monoisotopic (exact) mass is 822 g/mol. The van der Waals surface area contributed by atoms with E-state index in [0.717, 1.165) is 74.3 Å². The largest absolute Gasteiger partial charge is 0.371 e. The first-order valence-corrected chi connectivity index (χ1v) is 20.9. The Morgan fingerprint density at radius 2 is 1.73 bits per heavy atom. The number of fused-ring (bicyclic) bond motifs is 1. The summed E-state index contributed by atoms with van der Waals surface area (Å²) >= 11 is 0. The van der Waals surface area contributed by atoms with Crippen LogP contribution in [0.1, 0.15) is 54.2 Å². The van der Waals surface area contributed by atoms with E-state index in [9.17, 15) is 19.2 Å². The van der Waals surface area contributed by atoms with E-state index in [4.69, 9.17) is 10.8 Å². The number of anilines is 5. The van der Waals surface area contributed by atoms with Crippen molar-refractivity contribution >= 4 is 63.5 Å². The number of carbonyl (C=O) groups is 4. The zero-order chi connectivity index (χ0) is 41.7. The van der Waals surface area contributed by atoms with Gasteiger partial charge >= 0.3 is 6.03 Å². The molecule has 0 spiro atoms. The highest BCUT2D eigenvalue weighted by atomic mass is 19.1. The first kappa shape index (κ1) is 39.4. The zero-order valence-corrected chi connectivity index (χ0v) is 34.0. The summed E-state index contributed by atoms with van der Waals surface area (Å²) in [4.78, 5) is 66.4. The molecular formula is C41H51FN14O4. The Labute approximate surface area is 346 Å². The SMILES string of the molecule is CN1CCN(C2CCCN(c3nnc(C(N)=O)c(Nc4ccc(N5CCN(CC6CCN(c7ccc8c(C9CCC(=O)NC9=O)nn(C)c8c7)C6)CC5)c(F)c4)n3)C2)C1=O. The Hall–Kier alpha value is -6.11. The molecule has 0 bridgehead atoms. The van der Waals surface area contributed by atoms with Crippen LogP contribution in [-0.4, -0.2) is 148 Å². The van der Waals surface area contributed by atoms with Gasteiger partial charge in [-0.3, -0.25) is 29.3 Å². The summed E-state index contributed by atoms with van der Waals surface area (Å²) in [5.74, 6) is -1.25. The smallest absolute Gasteiger partial charge is 0.320 e. The number of amides is 5. The molecule has 5 fully saturated rings. The number of benzene rings is 2. The Bertz CT molecular complexity index is 2330. The van der Waals surface area contributed by atoms with Crippen LogP contribution in [0.5, 0.6) is 0 Å². The molecule has 0 saturated carbocycles. The van der Waals surface area contributed by atoms with Crippen molar-refractivity contribution in [3.05, 3.63) is 53.6 Å². The molecule has 2 aromatic heterocycles. The molecule has 9 rings (SSSR count). The second-order valence-corrected chi connectivity index (χ2v) is 16.7. The van der Waals surface area contributed by atoms with E-state index in [1.807, 2.05) is 21.5 Å². The van der Waals surface area contributed by atoms with Gasteiger partial charge in [0.1, 0.15) is 5.82 Å². The van der Waals surface area contributed by atoms with E-state index in [1.54, 1.807) is 24.1 Å². The fraction of sp³-hybridized carbons (Fsp3) is 0.512. The molecule has 2 aromatic carbocycles. The molecule has 316 valence electrons. The standard InChI is InChI=1S/C41H51FN14O4/c1-50-14-19-56(41(50)60)28-4-3-12-55(24-28)40-46-38(36(37(43)58)47-48-40)44-26-5-9-32(31(42)20-26)53-17-15-52(16-18-53)22-25-11-13-54(23-25)27-6-7-29-33(21-27)51(2)49-35(29)30-8-10-34(57)45-39(30)59/h5-7,9,20-21,25,28,30H,3-4,8,10-19,22-24H2,1-2H3,(H2,43,58)(H,44,46,48)(H,45,57,59). The lowest BCUT2D eigenvalue weighted by Crippen LogP contribution is -2.49. The van der Waals surface area contributed by atoms with Gasteiger partial charge < -0.3 is 35.6 Å². The average molecular weight is 823 g/mol. The molecule has 0 aliphatic carbocycles. The van der Waals surface area contributed by atoms with Crippen molar-refractivity contribution < 1.29 is 23.6 Å². The number of nitrogens with two attached hydrogens (primary N) is 1. The summed E-state index contributed by atoms with van der Waals surface area (Å²) < 4.78 is 17.6. The van der Waals surface area contributed by atoms with E-state index in [1.165, 1.54) is 6.07 Å². The summed E-state index contributed by atoms with van der Waals surface area (Å²) in [6.45, 7) is 8.42. The number of urea groups is 1.